The molecule has 1 aromatic carbocycles. The summed E-state index contributed by atoms with van der Waals surface area (Å²) < 4.78 is 4.84. The summed E-state index contributed by atoms with van der Waals surface area (Å²) in [6, 6.07) is 8.97. The topological polar surface area (TPSA) is 110 Å². The Balaban J connectivity index is 2.15. The van der Waals surface area contributed by atoms with Crippen LogP contribution in [0.25, 0.3) is 0 Å². The Morgan fingerprint density at radius 2 is 2.10 bits per heavy atom. The van der Waals surface area contributed by atoms with Crippen LogP contribution in [0.3, 0.4) is 0 Å². The molecule has 21 heavy (non-hydrogen) atoms. The summed E-state index contributed by atoms with van der Waals surface area (Å²) in [5, 5.41) is 23.8. The highest BCUT2D eigenvalue weighted by Gasteiger charge is 2.24. The Morgan fingerprint density at radius 3 is 2.71 bits per heavy atom. The number of aliphatic hydroxyl groups excluding tert-OH is 1. The fraction of sp³-hybridized carbons (Fsp3) is 0.231. The van der Waals surface area contributed by atoms with Crippen molar-refractivity contribution in [2.24, 2.45) is 0 Å². The Bertz CT molecular complexity index is 621. The molecule has 2 rings (SSSR count). The third-order valence-corrected chi connectivity index (χ3v) is 2.81. The number of methoxy groups -OCH3 is 1. The normalized spacial score (nSPS) is 11.7. The van der Waals surface area contributed by atoms with Crippen molar-refractivity contribution in [3.05, 3.63) is 52.3 Å². The molecule has 1 unspecified atom stereocenters. The van der Waals surface area contributed by atoms with Gasteiger partial charge in [0.1, 0.15) is 6.33 Å². The molecule has 0 aliphatic rings. The molecule has 1 aromatic heterocycles. The van der Waals surface area contributed by atoms with Gasteiger partial charge in [-0.25, -0.2) is 4.98 Å². The molecule has 0 radical (unpaired) electrons. The first-order chi connectivity index (χ1) is 10.1. The van der Waals surface area contributed by atoms with Crippen LogP contribution < -0.4 is 10.1 Å². The largest absolute Gasteiger partial charge is 0.476 e. The lowest BCUT2D eigenvalue weighted by atomic mass is 10.1. The summed E-state index contributed by atoms with van der Waals surface area (Å²) in [6.07, 6.45) is 0.343. The van der Waals surface area contributed by atoms with Crippen LogP contribution in [-0.2, 0) is 0 Å². The van der Waals surface area contributed by atoms with Crippen LogP contribution in [0.2, 0.25) is 0 Å². The SMILES string of the molecule is COc1ncnc(NCC(O)c2ccccc2)c1[N+](=O)[O-]. The highest BCUT2D eigenvalue weighted by Crippen LogP contribution is 2.30. The van der Waals surface area contributed by atoms with E-state index >= 15 is 0 Å². The third-order valence-electron chi connectivity index (χ3n) is 2.81. The molecule has 0 amide bonds. The van der Waals surface area contributed by atoms with Gasteiger partial charge in [0.25, 0.3) is 5.88 Å². The van der Waals surface area contributed by atoms with E-state index in [1.165, 1.54) is 7.11 Å². The average molecular weight is 290 g/mol. The van der Waals surface area contributed by atoms with E-state index in [0.717, 1.165) is 6.33 Å². The number of hydrogen-bond acceptors (Lipinski definition) is 7. The number of nitrogens with one attached hydrogen (secondary N) is 1. The van der Waals surface area contributed by atoms with E-state index in [-0.39, 0.29) is 23.9 Å². The first-order valence-electron chi connectivity index (χ1n) is 6.13. The minimum atomic E-state index is -0.813. The van der Waals surface area contributed by atoms with E-state index in [1.54, 1.807) is 24.3 Å². The van der Waals surface area contributed by atoms with Crippen molar-refractivity contribution in [2.75, 3.05) is 19.0 Å². The average Bonchev–Trinajstić information content (AvgIpc) is 2.52. The molecule has 1 atom stereocenters. The maximum atomic E-state index is 11.1. The molecule has 110 valence electrons. The second-order valence-corrected chi connectivity index (χ2v) is 4.14. The summed E-state index contributed by atoms with van der Waals surface area (Å²) in [7, 11) is 1.29. The van der Waals surface area contributed by atoms with Crippen molar-refractivity contribution in [2.45, 2.75) is 6.10 Å². The summed E-state index contributed by atoms with van der Waals surface area (Å²) in [5.74, 6) is -0.131. The number of nitro groups is 1. The number of aromatic nitrogens is 2. The van der Waals surface area contributed by atoms with E-state index in [4.69, 9.17) is 4.74 Å². The van der Waals surface area contributed by atoms with Gasteiger partial charge in [-0.2, -0.15) is 4.98 Å². The molecule has 0 bridgehead atoms. The number of benzene rings is 1. The smallest absolute Gasteiger partial charge is 0.372 e. The molecular formula is C13H14N4O4. The molecule has 8 heteroatoms. The number of nitrogens with zero attached hydrogens (tertiary/aromatic N) is 3. The van der Waals surface area contributed by atoms with Crippen molar-refractivity contribution < 1.29 is 14.8 Å². The van der Waals surface area contributed by atoms with Crippen molar-refractivity contribution in [3.63, 3.8) is 0 Å². The maximum absolute atomic E-state index is 11.1. The van der Waals surface area contributed by atoms with Crippen LogP contribution in [0.1, 0.15) is 11.7 Å². The standard InChI is InChI=1S/C13H14N4O4/c1-21-13-11(17(19)20)12(15-8-16-13)14-7-10(18)9-5-3-2-4-6-9/h2-6,8,10,18H,7H2,1H3,(H,14,15,16). The van der Waals surface area contributed by atoms with Gasteiger partial charge in [-0.15, -0.1) is 0 Å². The lowest BCUT2D eigenvalue weighted by Crippen LogP contribution is -2.14. The second kappa shape index (κ2) is 6.62. The second-order valence-electron chi connectivity index (χ2n) is 4.14. The fourth-order valence-electron chi connectivity index (χ4n) is 1.79. The minimum Gasteiger partial charge on any atom is -0.476 e. The number of rotatable bonds is 6. The Kier molecular flexibility index (Phi) is 4.62. The van der Waals surface area contributed by atoms with Crippen molar-refractivity contribution in [3.8, 4) is 5.88 Å². The predicted molar refractivity (Wildman–Crippen MR) is 75.1 cm³/mol. The zero-order valence-corrected chi connectivity index (χ0v) is 11.3. The van der Waals surface area contributed by atoms with Gasteiger partial charge in [-0.1, -0.05) is 30.3 Å². The van der Waals surface area contributed by atoms with Gasteiger partial charge in [0.2, 0.25) is 5.82 Å². The van der Waals surface area contributed by atoms with Crippen LogP contribution >= 0.6 is 0 Å². The zero-order chi connectivity index (χ0) is 15.2. The molecule has 0 fully saturated rings. The molecule has 0 saturated heterocycles. The van der Waals surface area contributed by atoms with Crippen molar-refractivity contribution in [1.82, 2.24) is 9.97 Å². The first kappa shape index (κ1) is 14.7. The zero-order valence-electron chi connectivity index (χ0n) is 11.3. The Labute approximate surface area is 120 Å². The number of aliphatic hydroxyl groups is 1. The van der Waals surface area contributed by atoms with Crippen molar-refractivity contribution >= 4 is 11.5 Å². The van der Waals surface area contributed by atoms with Gasteiger partial charge in [0.15, 0.2) is 0 Å². The Morgan fingerprint density at radius 1 is 1.38 bits per heavy atom. The molecule has 0 spiro atoms. The van der Waals surface area contributed by atoms with E-state index in [1.807, 2.05) is 6.07 Å². The maximum Gasteiger partial charge on any atom is 0.372 e. The molecule has 2 aromatic rings. The molecule has 8 nitrogen and oxygen atoms in total. The lowest BCUT2D eigenvalue weighted by Gasteiger charge is -2.13. The molecule has 0 aliphatic carbocycles. The molecule has 0 saturated carbocycles. The van der Waals surface area contributed by atoms with Crippen LogP contribution in [0.5, 0.6) is 5.88 Å². The van der Waals surface area contributed by atoms with Crippen LogP contribution in [0.4, 0.5) is 11.5 Å². The highest BCUT2D eigenvalue weighted by atomic mass is 16.6. The summed E-state index contributed by atoms with van der Waals surface area (Å²) in [5.41, 5.74) is 0.342. The van der Waals surface area contributed by atoms with Crippen LogP contribution in [0.15, 0.2) is 36.7 Å². The highest BCUT2D eigenvalue weighted by molar-refractivity contribution is 5.61. The van der Waals surface area contributed by atoms with Gasteiger partial charge in [-0.05, 0) is 5.56 Å². The first-order valence-corrected chi connectivity index (χ1v) is 6.13. The van der Waals surface area contributed by atoms with Gasteiger partial charge < -0.3 is 15.2 Å². The van der Waals surface area contributed by atoms with Crippen LogP contribution in [-0.4, -0.2) is 33.7 Å². The third kappa shape index (κ3) is 3.42. The van der Waals surface area contributed by atoms with E-state index in [2.05, 4.69) is 15.3 Å². The summed E-state index contributed by atoms with van der Waals surface area (Å²) in [4.78, 5) is 17.9. The molecule has 1 heterocycles. The van der Waals surface area contributed by atoms with E-state index < -0.39 is 11.0 Å². The van der Waals surface area contributed by atoms with Gasteiger partial charge >= 0.3 is 5.69 Å². The number of hydrogen-bond donors (Lipinski definition) is 2. The van der Waals surface area contributed by atoms with Crippen LogP contribution in [0, 0.1) is 10.1 Å². The fourth-order valence-corrected chi connectivity index (χ4v) is 1.79. The summed E-state index contributed by atoms with van der Waals surface area (Å²) >= 11 is 0. The lowest BCUT2D eigenvalue weighted by molar-refractivity contribution is -0.385. The summed E-state index contributed by atoms with van der Waals surface area (Å²) in [6.45, 7) is 0.0744. The van der Waals surface area contributed by atoms with E-state index in [9.17, 15) is 15.2 Å². The molecule has 0 aliphatic heterocycles. The van der Waals surface area contributed by atoms with Gasteiger partial charge in [0, 0.05) is 6.54 Å². The monoisotopic (exact) mass is 290 g/mol. The van der Waals surface area contributed by atoms with Crippen molar-refractivity contribution in [1.29, 1.82) is 0 Å². The van der Waals surface area contributed by atoms with Gasteiger partial charge in [-0.3, -0.25) is 10.1 Å². The van der Waals surface area contributed by atoms with E-state index in [0.29, 0.717) is 5.56 Å². The van der Waals surface area contributed by atoms with Gasteiger partial charge in [0.05, 0.1) is 18.1 Å². The molecule has 2 N–H and O–H groups in total. The number of anilines is 1. The quantitative estimate of drug-likeness (QED) is 0.613. The predicted octanol–water partition coefficient (Wildman–Crippen LogP) is 1.54. The molecular weight excluding hydrogens is 276 g/mol. The number of ether oxygens (including phenoxy) is 1. The minimum absolute atomic E-state index is 0.00170. The Hall–Kier alpha value is -2.74.